The second kappa shape index (κ2) is 6.84. The second-order valence-electron chi connectivity index (χ2n) is 5.86. The number of halogens is 1. The van der Waals surface area contributed by atoms with Crippen LogP contribution < -0.4 is 10.6 Å². The number of amides is 2. The molecular formula is C18H19ClN2O2. The molecule has 0 bridgehead atoms. The van der Waals surface area contributed by atoms with Crippen molar-refractivity contribution in [1.29, 1.82) is 0 Å². The molecular weight excluding hydrogens is 312 g/mol. The zero-order valence-electron chi connectivity index (χ0n) is 13.3. The third-order valence-electron chi connectivity index (χ3n) is 3.61. The van der Waals surface area contributed by atoms with E-state index in [-0.39, 0.29) is 5.91 Å². The van der Waals surface area contributed by atoms with Gasteiger partial charge in [-0.3, -0.25) is 9.59 Å². The average molecular weight is 331 g/mol. The molecule has 2 aromatic rings. The summed E-state index contributed by atoms with van der Waals surface area (Å²) in [6.45, 7) is 5.03. The van der Waals surface area contributed by atoms with Crippen molar-refractivity contribution in [3.05, 3.63) is 59.1 Å². The molecule has 0 saturated heterocycles. The molecule has 0 spiro atoms. The Morgan fingerprint density at radius 3 is 2.22 bits per heavy atom. The van der Waals surface area contributed by atoms with Gasteiger partial charge < -0.3 is 10.6 Å². The quantitative estimate of drug-likeness (QED) is 0.823. The maximum absolute atomic E-state index is 12.5. The van der Waals surface area contributed by atoms with Crippen molar-refractivity contribution in [3.8, 4) is 0 Å². The molecule has 120 valence electrons. The lowest BCUT2D eigenvalue weighted by atomic mass is 9.90. The van der Waals surface area contributed by atoms with Crippen LogP contribution in [0.15, 0.2) is 48.5 Å². The van der Waals surface area contributed by atoms with Gasteiger partial charge in [0.05, 0.1) is 0 Å². The number of aryl methyl sites for hydroxylation is 1. The lowest BCUT2D eigenvalue weighted by Crippen LogP contribution is -2.41. The van der Waals surface area contributed by atoms with Crippen LogP contribution in [0.4, 0.5) is 11.4 Å². The Morgan fingerprint density at radius 2 is 1.57 bits per heavy atom. The van der Waals surface area contributed by atoms with Gasteiger partial charge in [0, 0.05) is 16.4 Å². The van der Waals surface area contributed by atoms with Crippen molar-refractivity contribution >= 4 is 34.8 Å². The van der Waals surface area contributed by atoms with Gasteiger partial charge in [-0.15, -0.1) is 0 Å². The lowest BCUT2D eigenvalue weighted by Gasteiger charge is -2.23. The van der Waals surface area contributed by atoms with Gasteiger partial charge in [-0.25, -0.2) is 0 Å². The normalized spacial score (nSPS) is 11.0. The minimum Gasteiger partial charge on any atom is -0.325 e. The highest BCUT2D eigenvalue weighted by Crippen LogP contribution is 2.25. The molecule has 0 aliphatic heterocycles. The Balaban J connectivity index is 2.13. The number of hydrogen-bond acceptors (Lipinski definition) is 2. The van der Waals surface area contributed by atoms with Crippen LogP contribution in [-0.2, 0) is 9.59 Å². The summed E-state index contributed by atoms with van der Waals surface area (Å²) in [5.41, 5.74) is 0.896. The summed E-state index contributed by atoms with van der Waals surface area (Å²) in [6.07, 6.45) is 0. The van der Waals surface area contributed by atoms with Crippen LogP contribution in [0.3, 0.4) is 0 Å². The zero-order chi connectivity index (χ0) is 17.0. The highest BCUT2D eigenvalue weighted by molar-refractivity contribution is 6.31. The van der Waals surface area contributed by atoms with Crippen LogP contribution in [-0.4, -0.2) is 11.8 Å². The number of anilines is 2. The number of carbonyl (C=O) groups is 2. The number of nitrogens with one attached hydrogen (secondary N) is 2. The summed E-state index contributed by atoms with van der Waals surface area (Å²) in [5.74, 6) is -0.767. The van der Waals surface area contributed by atoms with Gasteiger partial charge in [0.2, 0.25) is 11.8 Å². The fraction of sp³-hybridized carbons (Fsp3) is 0.222. The van der Waals surface area contributed by atoms with Crippen molar-refractivity contribution in [2.75, 3.05) is 10.6 Å². The lowest BCUT2D eigenvalue weighted by molar-refractivity contribution is -0.135. The van der Waals surface area contributed by atoms with Crippen molar-refractivity contribution in [1.82, 2.24) is 0 Å². The first kappa shape index (κ1) is 17.0. The summed E-state index contributed by atoms with van der Waals surface area (Å²) in [4.78, 5) is 24.9. The summed E-state index contributed by atoms with van der Waals surface area (Å²) in [6, 6.07) is 14.3. The summed E-state index contributed by atoms with van der Waals surface area (Å²) < 4.78 is 0. The summed E-state index contributed by atoms with van der Waals surface area (Å²) in [7, 11) is 0. The Bertz CT molecular complexity index is 727. The van der Waals surface area contributed by atoms with Crippen molar-refractivity contribution < 1.29 is 9.59 Å². The van der Waals surface area contributed by atoms with Crippen LogP contribution in [0.25, 0.3) is 0 Å². The van der Waals surface area contributed by atoms with Crippen molar-refractivity contribution in [2.24, 2.45) is 5.41 Å². The van der Waals surface area contributed by atoms with E-state index in [1.165, 1.54) is 0 Å². The minimum atomic E-state index is -1.23. The second-order valence-corrected chi connectivity index (χ2v) is 6.29. The SMILES string of the molecule is Cc1ccc(Cl)cc1NC(=O)C(C)(C)C(=O)Nc1ccccc1. The average Bonchev–Trinajstić information content (AvgIpc) is 2.51. The number of benzene rings is 2. The van der Waals surface area contributed by atoms with Gasteiger partial charge in [0.25, 0.3) is 0 Å². The molecule has 0 aliphatic carbocycles. The molecule has 2 aromatic carbocycles. The molecule has 0 aromatic heterocycles. The molecule has 0 unspecified atom stereocenters. The Hall–Kier alpha value is -2.33. The molecule has 2 N–H and O–H groups in total. The summed E-state index contributed by atoms with van der Waals surface area (Å²) in [5, 5.41) is 6.05. The van der Waals surface area contributed by atoms with Crippen LogP contribution >= 0.6 is 11.6 Å². The molecule has 0 heterocycles. The maximum Gasteiger partial charge on any atom is 0.239 e. The number of carbonyl (C=O) groups excluding carboxylic acids is 2. The third-order valence-corrected chi connectivity index (χ3v) is 3.85. The molecule has 0 aliphatic rings. The first-order valence-electron chi connectivity index (χ1n) is 7.25. The maximum atomic E-state index is 12.5. The van der Waals surface area contributed by atoms with E-state index in [2.05, 4.69) is 10.6 Å². The van der Waals surface area contributed by atoms with Crippen molar-refractivity contribution in [2.45, 2.75) is 20.8 Å². The van der Waals surface area contributed by atoms with E-state index in [0.717, 1.165) is 5.56 Å². The predicted octanol–water partition coefficient (Wildman–Crippen LogP) is 4.25. The summed E-state index contributed by atoms with van der Waals surface area (Å²) >= 11 is 5.95. The fourth-order valence-electron chi connectivity index (χ4n) is 1.92. The van der Waals surface area contributed by atoms with Crippen LogP contribution in [0.2, 0.25) is 5.02 Å². The molecule has 23 heavy (non-hydrogen) atoms. The molecule has 0 atom stereocenters. The van der Waals surface area contributed by atoms with E-state index >= 15 is 0 Å². The van der Waals surface area contributed by atoms with E-state index in [1.54, 1.807) is 38.1 Å². The predicted molar refractivity (Wildman–Crippen MR) is 93.7 cm³/mol. The van der Waals surface area contributed by atoms with Crippen molar-refractivity contribution in [3.63, 3.8) is 0 Å². The Labute approximate surface area is 140 Å². The minimum absolute atomic E-state index is 0.374. The van der Waals surface area contributed by atoms with E-state index < -0.39 is 11.3 Å². The Kier molecular flexibility index (Phi) is 5.06. The monoisotopic (exact) mass is 330 g/mol. The van der Waals surface area contributed by atoms with Crippen LogP contribution in [0.1, 0.15) is 19.4 Å². The van der Waals surface area contributed by atoms with Gasteiger partial charge in [-0.1, -0.05) is 35.9 Å². The Morgan fingerprint density at radius 1 is 0.957 bits per heavy atom. The molecule has 5 heteroatoms. The third kappa shape index (κ3) is 4.11. The van der Waals surface area contributed by atoms with E-state index in [0.29, 0.717) is 16.4 Å². The first-order chi connectivity index (χ1) is 10.8. The van der Waals surface area contributed by atoms with Gasteiger partial charge >= 0.3 is 0 Å². The number of para-hydroxylation sites is 1. The zero-order valence-corrected chi connectivity index (χ0v) is 14.1. The van der Waals surface area contributed by atoms with Gasteiger partial charge in [0.15, 0.2) is 0 Å². The highest BCUT2D eigenvalue weighted by Gasteiger charge is 2.36. The molecule has 4 nitrogen and oxygen atoms in total. The number of hydrogen-bond donors (Lipinski definition) is 2. The largest absolute Gasteiger partial charge is 0.325 e. The van der Waals surface area contributed by atoms with Gasteiger partial charge in [-0.05, 0) is 50.6 Å². The topological polar surface area (TPSA) is 58.2 Å². The molecule has 0 saturated carbocycles. The standard InChI is InChI=1S/C18H19ClN2O2/c1-12-9-10-13(19)11-15(12)21-17(23)18(2,3)16(22)20-14-7-5-4-6-8-14/h4-11H,1-3H3,(H,20,22)(H,21,23). The van der Waals surface area contributed by atoms with Crippen LogP contribution in [0, 0.1) is 12.3 Å². The molecule has 0 radical (unpaired) electrons. The molecule has 0 fully saturated rings. The fourth-order valence-corrected chi connectivity index (χ4v) is 2.09. The molecule has 2 amide bonds. The van der Waals surface area contributed by atoms with E-state index in [4.69, 9.17) is 11.6 Å². The first-order valence-corrected chi connectivity index (χ1v) is 7.62. The molecule has 2 rings (SSSR count). The van der Waals surface area contributed by atoms with Crippen LogP contribution in [0.5, 0.6) is 0 Å². The smallest absolute Gasteiger partial charge is 0.239 e. The van der Waals surface area contributed by atoms with Gasteiger partial charge in [0.1, 0.15) is 5.41 Å². The van der Waals surface area contributed by atoms with E-state index in [1.807, 2.05) is 31.2 Å². The van der Waals surface area contributed by atoms with E-state index in [9.17, 15) is 9.59 Å². The number of rotatable bonds is 4. The van der Waals surface area contributed by atoms with Gasteiger partial charge in [-0.2, -0.15) is 0 Å². The highest BCUT2D eigenvalue weighted by atomic mass is 35.5.